The number of nitrogens with two attached hydrogens (primary N) is 2. The van der Waals surface area contributed by atoms with Crippen molar-refractivity contribution in [2.45, 2.75) is 32.7 Å². The third-order valence-electron chi connectivity index (χ3n) is 6.24. The number of rotatable bonds is 5. The van der Waals surface area contributed by atoms with E-state index < -0.39 is 0 Å². The van der Waals surface area contributed by atoms with Crippen LogP contribution in [0, 0.1) is 12.3 Å². The number of carbonyl (C=O) groups is 1. The van der Waals surface area contributed by atoms with Gasteiger partial charge in [0.15, 0.2) is 0 Å². The lowest BCUT2D eigenvalue weighted by Crippen LogP contribution is -2.30. The maximum Gasteiger partial charge on any atom is 0.204 e. The number of nitrogens with one attached hydrogen (secondary N) is 1. The zero-order valence-electron chi connectivity index (χ0n) is 21.8. The van der Waals surface area contributed by atoms with Crippen molar-refractivity contribution in [3.63, 3.8) is 0 Å². The monoisotopic (exact) mass is 534 g/mol. The first-order valence-electron chi connectivity index (χ1n) is 12.3. The molecule has 3 aromatic carbocycles. The fraction of sp³-hybridized carbons (Fsp3) is 0.286. The molecule has 200 valence electrons. The summed E-state index contributed by atoms with van der Waals surface area (Å²) >= 11 is 0. The number of hydrogen-bond acceptors (Lipinski definition) is 8. The van der Waals surface area contributed by atoms with Gasteiger partial charge in [0.25, 0.3) is 0 Å². The molecule has 1 aliphatic heterocycles. The lowest BCUT2D eigenvalue weighted by molar-refractivity contribution is -0.106. The third kappa shape index (κ3) is 7.60. The number of aromatic nitrogens is 2. The van der Waals surface area contributed by atoms with Gasteiger partial charge in [0.2, 0.25) is 6.41 Å². The summed E-state index contributed by atoms with van der Waals surface area (Å²) in [6, 6.07) is 17.2. The summed E-state index contributed by atoms with van der Waals surface area (Å²) in [5.41, 5.74) is 16.2. The molecule has 5 N–H and O–H groups in total. The number of fused-ring (bicyclic) bond motifs is 1. The van der Waals surface area contributed by atoms with Crippen LogP contribution in [0.3, 0.4) is 0 Å². The van der Waals surface area contributed by atoms with Crippen molar-refractivity contribution in [1.29, 1.82) is 5.41 Å². The molecule has 1 aromatic heterocycles. The fourth-order valence-electron chi connectivity index (χ4n) is 4.26. The molecule has 9 nitrogen and oxygen atoms in total. The van der Waals surface area contributed by atoms with E-state index in [2.05, 4.69) is 40.9 Å². The van der Waals surface area contributed by atoms with Crippen LogP contribution < -0.4 is 21.5 Å². The molecule has 1 amide bonds. The Balaban J connectivity index is 0.000000194. The van der Waals surface area contributed by atoms with Crippen LogP contribution in [0.5, 0.6) is 5.75 Å². The van der Waals surface area contributed by atoms with Gasteiger partial charge >= 0.3 is 0 Å². The summed E-state index contributed by atoms with van der Waals surface area (Å²) in [5, 5.41) is 17.1. The maximum absolute atomic E-state index is 8.58. The first-order valence-corrected chi connectivity index (χ1v) is 12.9. The first kappa shape index (κ1) is 28.8. The van der Waals surface area contributed by atoms with E-state index in [1.165, 1.54) is 43.2 Å². The summed E-state index contributed by atoms with van der Waals surface area (Å²) in [5.74, 6) is 1.01. The minimum Gasteiger partial charge on any atom is -0.496 e. The normalized spacial score (nSPS) is 13.0. The van der Waals surface area contributed by atoms with Crippen LogP contribution in [-0.2, 0) is 11.3 Å². The summed E-state index contributed by atoms with van der Waals surface area (Å²) in [4.78, 5) is 11.1. The van der Waals surface area contributed by atoms with E-state index in [0.29, 0.717) is 22.4 Å². The van der Waals surface area contributed by atoms with E-state index in [1.807, 2.05) is 43.3 Å². The summed E-state index contributed by atoms with van der Waals surface area (Å²) in [7, 11) is 4.56. The van der Waals surface area contributed by atoms with Gasteiger partial charge in [0, 0.05) is 28.9 Å². The van der Waals surface area contributed by atoms with Crippen LogP contribution in [0.2, 0.25) is 0 Å². The predicted molar refractivity (Wildman–Crippen MR) is 155 cm³/mol. The number of piperidine rings is 1. The largest absolute Gasteiger partial charge is 0.496 e. The Kier molecular flexibility index (Phi) is 10.8. The summed E-state index contributed by atoms with van der Waals surface area (Å²) < 4.78 is 10.1. The average molecular weight is 535 g/mol. The lowest BCUT2D eigenvalue weighted by Gasteiger charge is -2.27. The van der Waals surface area contributed by atoms with Crippen molar-refractivity contribution in [2.24, 2.45) is 5.73 Å². The predicted octanol–water partition coefficient (Wildman–Crippen LogP) is 3.81. The van der Waals surface area contributed by atoms with Crippen molar-refractivity contribution in [2.75, 3.05) is 25.9 Å². The number of primary amides is 1. The summed E-state index contributed by atoms with van der Waals surface area (Å²) in [6.45, 7) is 5.44. The Hall–Kier alpha value is -3.81. The molecule has 10 heteroatoms. The van der Waals surface area contributed by atoms with Gasteiger partial charge in [0.05, 0.1) is 12.8 Å². The van der Waals surface area contributed by atoms with Crippen LogP contribution >= 0.6 is 9.24 Å². The van der Waals surface area contributed by atoms with E-state index in [-0.39, 0.29) is 6.41 Å². The molecule has 1 fully saturated rings. The van der Waals surface area contributed by atoms with Gasteiger partial charge < -0.3 is 16.2 Å². The number of hydrogen-bond donors (Lipinski definition) is 3. The number of likely N-dealkylation sites (tertiary alicyclic amines) is 1. The highest BCUT2D eigenvalue weighted by Crippen LogP contribution is 2.22. The average Bonchev–Trinajstić information content (AvgIpc) is 3.40. The quantitative estimate of drug-likeness (QED) is 0.153. The number of anilines is 1. The highest BCUT2D eigenvalue weighted by atomic mass is 31.0. The van der Waals surface area contributed by atoms with Crippen LogP contribution in [0.15, 0.2) is 59.2 Å². The molecule has 4 aromatic rings. The van der Waals surface area contributed by atoms with Crippen LogP contribution in [0.25, 0.3) is 11.0 Å². The van der Waals surface area contributed by atoms with Gasteiger partial charge in [-0.2, -0.15) is 0 Å². The van der Waals surface area contributed by atoms with E-state index in [9.17, 15) is 0 Å². The second-order valence-corrected chi connectivity index (χ2v) is 9.56. The number of ether oxygens (including phenoxy) is 1. The van der Waals surface area contributed by atoms with Crippen molar-refractivity contribution in [1.82, 2.24) is 15.2 Å². The van der Waals surface area contributed by atoms with Crippen LogP contribution in [0.1, 0.15) is 41.5 Å². The topological polar surface area (TPSA) is 144 Å². The molecule has 0 saturated carbocycles. The fourth-order valence-corrected chi connectivity index (χ4v) is 4.61. The second kappa shape index (κ2) is 14.2. The van der Waals surface area contributed by atoms with Gasteiger partial charge in [-0.15, -0.1) is 9.24 Å². The number of carbonyl (C=O) groups excluding carboxylic acids is 1. The van der Waals surface area contributed by atoms with E-state index in [4.69, 9.17) is 20.7 Å². The smallest absolute Gasteiger partial charge is 0.204 e. The second-order valence-electron chi connectivity index (χ2n) is 8.93. The standard InChI is InChI=1S/C14H12N4O.C13H20NOP.CH3NO/c1-8-2-4-11(15)10(6-8)14(16)9-3-5-12-13(7-9)18-19-17-12;1-15-12-6-5-7-13(16)11(12)10-14-8-3-2-4-9-14;2-1-3/h2-7,16H,15H2,1H3;5-7H,2-4,8-10,16H2,1H3;1H,(H2,2,3). The van der Waals surface area contributed by atoms with Gasteiger partial charge in [-0.05, 0) is 78.8 Å². The number of amides is 1. The van der Waals surface area contributed by atoms with Crippen molar-refractivity contribution >= 4 is 43.4 Å². The molecule has 1 aliphatic rings. The summed E-state index contributed by atoms with van der Waals surface area (Å²) in [6.07, 6.45) is 4.30. The Bertz CT molecular complexity index is 1370. The SMILES string of the molecule is COc1cccc(P)c1CN1CCCCC1.Cc1ccc(N)c(C(=N)c2ccc3nonc3c2)c1.NC=O. The van der Waals surface area contributed by atoms with Crippen molar-refractivity contribution in [3.8, 4) is 5.75 Å². The third-order valence-corrected chi connectivity index (χ3v) is 6.78. The molecule has 0 aliphatic carbocycles. The van der Waals surface area contributed by atoms with E-state index in [0.717, 1.165) is 29.0 Å². The molecule has 0 bridgehead atoms. The molecular formula is C28H35N6O3P. The maximum atomic E-state index is 8.58. The molecular weight excluding hydrogens is 499 g/mol. The molecule has 1 atom stereocenters. The highest BCUT2D eigenvalue weighted by Gasteiger charge is 2.14. The number of benzene rings is 3. The molecule has 38 heavy (non-hydrogen) atoms. The van der Waals surface area contributed by atoms with Crippen LogP contribution in [-0.4, -0.2) is 47.5 Å². The number of nitrogen functional groups attached to an aromatic ring is 1. The Labute approximate surface area is 225 Å². The lowest BCUT2D eigenvalue weighted by atomic mass is 9.99. The van der Waals surface area contributed by atoms with Gasteiger partial charge in [-0.1, -0.05) is 36.2 Å². The molecule has 1 saturated heterocycles. The first-order chi connectivity index (χ1) is 18.4. The van der Waals surface area contributed by atoms with Crippen molar-refractivity contribution < 1.29 is 14.2 Å². The van der Waals surface area contributed by atoms with Crippen molar-refractivity contribution in [3.05, 3.63) is 76.9 Å². The Morgan fingerprint density at radius 2 is 1.82 bits per heavy atom. The molecule has 5 rings (SSSR count). The zero-order valence-corrected chi connectivity index (χ0v) is 23.0. The number of methoxy groups -OCH3 is 1. The molecule has 0 spiro atoms. The highest BCUT2D eigenvalue weighted by molar-refractivity contribution is 7.27. The number of nitrogens with zero attached hydrogens (tertiary/aromatic N) is 3. The molecule has 0 radical (unpaired) electrons. The number of aryl methyl sites for hydroxylation is 1. The van der Waals surface area contributed by atoms with E-state index in [1.54, 1.807) is 19.2 Å². The van der Waals surface area contributed by atoms with Gasteiger partial charge in [-0.3, -0.25) is 15.1 Å². The molecule has 2 heterocycles. The van der Waals surface area contributed by atoms with E-state index >= 15 is 0 Å². The molecule has 1 unspecified atom stereocenters. The Morgan fingerprint density at radius 3 is 2.53 bits per heavy atom. The van der Waals surface area contributed by atoms with Gasteiger partial charge in [-0.25, -0.2) is 4.63 Å². The zero-order chi connectivity index (χ0) is 27.5. The van der Waals surface area contributed by atoms with Crippen LogP contribution in [0.4, 0.5) is 5.69 Å². The Morgan fingerprint density at radius 1 is 1.11 bits per heavy atom. The minimum atomic E-state index is 0.250. The van der Waals surface area contributed by atoms with Gasteiger partial charge in [0.1, 0.15) is 16.8 Å². The minimum absolute atomic E-state index is 0.250.